The molecule has 2 rings (SSSR count). The predicted octanol–water partition coefficient (Wildman–Crippen LogP) is 4.62. The van der Waals surface area contributed by atoms with Gasteiger partial charge in [0.05, 0.1) is 13.2 Å². The molecule has 2 N–H and O–H groups in total. The Morgan fingerprint density at radius 3 is 1.57 bits per heavy atom. The number of carbonyl (C=O) groups excluding carboxylic acids is 2. The van der Waals surface area contributed by atoms with Gasteiger partial charge in [-0.2, -0.15) is 0 Å². The van der Waals surface area contributed by atoms with E-state index in [1.165, 1.54) is 0 Å². The lowest BCUT2D eigenvalue weighted by molar-refractivity contribution is -0.118. The molecule has 2 aromatic rings. The summed E-state index contributed by atoms with van der Waals surface area (Å²) in [6, 6.07) is 14.6. The molecule has 0 saturated heterocycles. The molecule has 0 aliphatic heterocycles. The molecule has 0 fully saturated rings. The second kappa shape index (κ2) is 11.6. The molecule has 0 aliphatic rings. The van der Waals surface area contributed by atoms with Gasteiger partial charge in [-0.1, -0.05) is 12.1 Å². The fourth-order valence-corrected chi connectivity index (χ4v) is 2.68. The van der Waals surface area contributed by atoms with Gasteiger partial charge in [-0.25, -0.2) is 0 Å². The van der Waals surface area contributed by atoms with Crippen LogP contribution < -0.4 is 20.1 Å². The molecule has 0 aromatic heterocycles. The molecule has 0 aliphatic carbocycles. The summed E-state index contributed by atoms with van der Waals surface area (Å²) in [5.41, 5.74) is 1.42. The van der Waals surface area contributed by atoms with Crippen LogP contribution >= 0.6 is 0 Å². The van der Waals surface area contributed by atoms with Crippen LogP contribution in [0.15, 0.2) is 48.5 Å². The maximum Gasteiger partial charge on any atom is 0.224 e. The molecule has 28 heavy (non-hydrogen) atoms. The quantitative estimate of drug-likeness (QED) is 0.554. The van der Waals surface area contributed by atoms with Gasteiger partial charge in [0.25, 0.3) is 0 Å². The van der Waals surface area contributed by atoms with Crippen LogP contribution in [0.3, 0.4) is 0 Å². The monoisotopic (exact) mass is 384 g/mol. The number of rotatable bonds is 11. The lowest BCUT2D eigenvalue weighted by Crippen LogP contribution is -2.13. The Labute approximate surface area is 166 Å². The molecule has 2 amide bonds. The van der Waals surface area contributed by atoms with Crippen LogP contribution in [0.25, 0.3) is 0 Å². The summed E-state index contributed by atoms with van der Waals surface area (Å²) in [6.45, 7) is 4.99. The van der Waals surface area contributed by atoms with Crippen LogP contribution in [0, 0.1) is 0 Å². The number of hydrogen-bond donors (Lipinski definition) is 2. The third kappa shape index (κ3) is 7.70. The van der Waals surface area contributed by atoms with Gasteiger partial charge in [0.2, 0.25) is 11.8 Å². The smallest absolute Gasteiger partial charge is 0.224 e. The molecule has 0 radical (unpaired) electrons. The second-order valence-corrected chi connectivity index (χ2v) is 6.23. The lowest BCUT2D eigenvalue weighted by atomic mass is 10.1. The van der Waals surface area contributed by atoms with Crippen LogP contribution in [0.4, 0.5) is 11.4 Å². The highest BCUT2D eigenvalue weighted by Crippen LogP contribution is 2.19. The van der Waals surface area contributed by atoms with E-state index in [-0.39, 0.29) is 11.8 Å². The Morgan fingerprint density at radius 1 is 0.750 bits per heavy atom. The Balaban J connectivity index is 1.67. The van der Waals surface area contributed by atoms with Crippen LogP contribution in [0.1, 0.15) is 39.5 Å². The van der Waals surface area contributed by atoms with Gasteiger partial charge in [0, 0.05) is 36.3 Å². The molecule has 6 nitrogen and oxygen atoms in total. The largest absolute Gasteiger partial charge is 0.494 e. The zero-order chi connectivity index (χ0) is 20.2. The highest BCUT2D eigenvalue weighted by Gasteiger charge is 2.06. The topological polar surface area (TPSA) is 76.7 Å². The molecule has 2 aromatic carbocycles. The van der Waals surface area contributed by atoms with Crippen molar-refractivity contribution in [2.75, 3.05) is 23.8 Å². The summed E-state index contributed by atoms with van der Waals surface area (Å²) in [6.07, 6.45) is 2.02. The summed E-state index contributed by atoms with van der Waals surface area (Å²) in [5.74, 6) is 1.31. The number of ether oxygens (including phenoxy) is 2. The van der Waals surface area contributed by atoms with E-state index in [9.17, 15) is 9.59 Å². The van der Waals surface area contributed by atoms with E-state index in [0.29, 0.717) is 50.3 Å². The Kier molecular flexibility index (Phi) is 8.85. The maximum atomic E-state index is 12.0. The third-order valence-corrected chi connectivity index (χ3v) is 3.92. The summed E-state index contributed by atoms with van der Waals surface area (Å²) >= 11 is 0. The number of hydrogen-bond acceptors (Lipinski definition) is 4. The average molecular weight is 384 g/mol. The Morgan fingerprint density at radius 2 is 1.18 bits per heavy atom. The van der Waals surface area contributed by atoms with E-state index in [2.05, 4.69) is 10.6 Å². The Hall–Kier alpha value is -3.02. The number of unbranched alkanes of at least 4 members (excludes halogenated alkanes) is 1. The van der Waals surface area contributed by atoms with Crippen molar-refractivity contribution in [2.24, 2.45) is 0 Å². The van der Waals surface area contributed by atoms with Gasteiger partial charge in [-0.15, -0.1) is 0 Å². The molecule has 0 unspecified atom stereocenters. The van der Waals surface area contributed by atoms with Crippen molar-refractivity contribution in [3.63, 3.8) is 0 Å². The average Bonchev–Trinajstić information content (AvgIpc) is 2.66. The van der Waals surface area contributed by atoms with Gasteiger partial charge in [0.15, 0.2) is 0 Å². The van der Waals surface area contributed by atoms with Crippen LogP contribution in [0.2, 0.25) is 0 Å². The highest BCUT2D eigenvalue weighted by atomic mass is 16.5. The van der Waals surface area contributed by atoms with Crippen molar-refractivity contribution in [3.05, 3.63) is 48.5 Å². The predicted molar refractivity (Wildman–Crippen MR) is 111 cm³/mol. The summed E-state index contributed by atoms with van der Waals surface area (Å²) in [4.78, 5) is 24.1. The van der Waals surface area contributed by atoms with Crippen LogP contribution in [-0.4, -0.2) is 25.0 Å². The zero-order valence-corrected chi connectivity index (χ0v) is 16.5. The molecular weight excluding hydrogens is 356 g/mol. The molecule has 0 heterocycles. The van der Waals surface area contributed by atoms with Crippen molar-refractivity contribution in [2.45, 2.75) is 39.5 Å². The minimum Gasteiger partial charge on any atom is -0.494 e. The van der Waals surface area contributed by atoms with Gasteiger partial charge in [0.1, 0.15) is 11.5 Å². The third-order valence-electron chi connectivity index (χ3n) is 3.92. The number of amides is 2. The standard InChI is InChI=1S/C22H28N2O4/c1-3-27-19-11-7-9-17(15-19)23-21(25)13-5-6-14-22(26)24-18-10-8-12-20(16-18)28-4-2/h7-12,15-16H,3-6,13-14H2,1-2H3,(H,23,25)(H,24,26). The number of benzene rings is 2. The van der Waals surface area contributed by atoms with Crippen LogP contribution in [-0.2, 0) is 9.59 Å². The summed E-state index contributed by atoms with van der Waals surface area (Å²) in [7, 11) is 0. The fourth-order valence-electron chi connectivity index (χ4n) is 2.68. The molecular formula is C22H28N2O4. The minimum atomic E-state index is -0.0709. The van der Waals surface area contributed by atoms with Gasteiger partial charge >= 0.3 is 0 Å². The van der Waals surface area contributed by atoms with E-state index in [4.69, 9.17) is 9.47 Å². The fraction of sp³-hybridized carbons (Fsp3) is 0.364. The highest BCUT2D eigenvalue weighted by molar-refractivity contribution is 5.92. The first-order valence-corrected chi connectivity index (χ1v) is 9.66. The normalized spacial score (nSPS) is 10.2. The van der Waals surface area contributed by atoms with Crippen molar-refractivity contribution in [1.29, 1.82) is 0 Å². The minimum absolute atomic E-state index is 0.0709. The number of carbonyl (C=O) groups is 2. The van der Waals surface area contributed by atoms with Gasteiger partial charge < -0.3 is 20.1 Å². The van der Waals surface area contributed by atoms with E-state index >= 15 is 0 Å². The van der Waals surface area contributed by atoms with E-state index in [1.807, 2.05) is 50.2 Å². The molecule has 0 spiro atoms. The molecule has 150 valence electrons. The van der Waals surface area contributed by atoms with Gasteiger partial charge in [-0.05, 0) is 51.0 Å². The van der Waals surface area contributed by atoms with Crippen molar-refractivity contribution < 1.29 is 19.1 Å². The van der Waals surface area contributed by atoms with Crippen LogP contribution in [0.5, 0.6) is 11.5 Å². The summed E-state index contributed by atoms with van der Waals surface area (Å²) in [5, 5.41) is 5.71. The van der Waals surface area contributed by atoms with Crippen molar-refractivity contribution in [1.82, 2.24) is 0 Å². The second-order valence-electron chi connectivity index (χ2n) is 6.23. The zero-order valence-electron chi connectivity index (χ0n) is 16.5. The Bertz CT molecular complexity index is 711. The SMILES string of the molecule is CCOc1cccc(NC(=O)CCCCC(=O)Nc2cccc(OCC)c2)c1. The van der Waals surface area contributed by atoms with Crippen molar-refractivity contribution in [3.8, 4) is 11.5 Å². The molecule has 0 saturated carbocycles. The number of anilines is 2. The lowest BCUT2D eigenvalue weighted by Gasteiger charge is -2.09. The van der Waals surface area contributed by atoms with Crippen molar-refractivity contribution >= 4 is 23.2 Å². The van der Waals surface area contributed by atoms with Gasteiger partial charge in [-0.3, -0.25) is 9.59 Å². The molecule has 0 atom stereocenters. The number of nitrogens with one attached hydrogen (secondary N) is 2. The van der Waals surface area contributed by atoms with E-state index < -0.39 is 0 Å². The van der Waals surface area contributed by atoms with E-state index in [1.54, 1.807) is 12.1 Å². The molecule has 6 heteroatoms. The summed E-state index contributed by atoms with van der Waals surface area (Å²) < 4.78 is 10.8. The maximum absolute atomic E-state index is 12.0. The van der Waals surface area contributed by atoms with E-state index in [0.717, 1.165) is 11.5 Å². The first kappa shape index (κ1) is 21.3. The first-order valence-electron chi connectivity index (χ1n) is 9.66. The first-order chi connectivity index (χ1) is 13.6. The molecule has 0 bridgehead atoms.